The lowest BCUT2D eigenvalue weighted by Crippen LogP contribution is -2.37. The molecule has 24 heavy (non-hydrogen) atoms. The molecule has 7 heteroatoms. The molecule has 2 aromatic rings. The molecule has 0 bridgehead atoms. The zero-order valence-corrected chi connectivity index (χ0v) is 15.4. The number of halogens is 1. The van der Waals surface area contributed by atoms with Gasteiger partial charge in [-0.3, -0.25) is 4.79 Å². The summed E-state index contributed by atoms with van der Waals surface area (Å²) in [6.07, 6.45) is 0.275. The maximum atomic E-state index is 12.5. The zero-order valence-electron chi connectivity index (χ0n) is 13.8. The number of rotatable bonds is 9. The summed E-state index contributed by atoms with van der Waals surface area (Å²) in [6, 6.07) is 7.52. The van der Waals surface area contributed by atoms with Crippen LogP contribution in [0.4, 0.5) is 0 Å². The highest BCUT2D eigenvalue weighted by Crippen LogP contribution is 2.25. The summed E-state index contributed by atoms with van der Waals surface area (Å²) in [6.45, 7) is 2.10. The highest BCUT2D eigenvalue weighted by atomic mass is 35.5. The molecule has 0 fully saturated rings. The van der Waals surface area contributed by atoms with Gasteiger partial charge in [-0.1, -0.05) is 23.7 Å². The fraction of sp³-hybridized carbons (Fsp3) is 0.412. The maximum Gasteiger partial charge on any atom is 0.228 e. The van der Waals surface area contributed by atoms with Gasteiger partial charge in [0.05, 0.1) is 25.3 Å². The van der Waals surface area contributed by atoms with E-state index < -0.39 is 0 Å². The summed E-state index contributed by atoms with van der Waals surface area (Å²) in [5, 5.41) is 3.50. The Bertz CT molecular complexity index is 638. The van der Waals surface area contributed by atoms with Crippen molar-refractivity contribution in [3.8, 4) is 10.6 Å². The van der Waals surface area contributed by atoms with E-state index in [1.54, 1.807) is 19.1 Å². The minimum Gasteiger partial charge on any atom is -0.383 e. The van der Waals surface area contributed by atoms with Crippen molar-refractivity contribution >= 4 is 28.8 Å². The molecule has 130 valence electrons. The van der Waals surface area contributed by atoms with Crippen molar-refractivity contribution in [1.29, 1.82) is 0 Å². The van der Waals surface area contributed by atoms with Gasteiger partial charge in [0.2, 0.25) is 5.91 Å². The molecule has 0 aliphatic carbocycles. The van der Waals surface area contributed by atoms with Crippen molar-refractivity contribution in [2.24, 2.45) is 0 Å². The number of hydrogen-bond acceptors (Lipinski definition) is 5. The Hall–Kier alpha value is -1.47. The van der Waals surface area contributed by atoms with Crippen molar-refractivity contribution < 1.29 is 14.3 Å². The van der Waals surface area contributed by atoms with Gasteiger partial charge in [-0.2, -0.15) is 0 Å². The topological polar surface area (TPSA) is 51.7 Å². The number of methoxy groups -OCH3 is 2. The maximum absolute atomic E-state index is 12.5. The normalized spacial score (nSPS) is 10.8. The van der Waals surface area contributed by atoms with E-state index in [1.165, 1.54) is 11.3 Å². The largest absolute Gasteiger partial charge is 0.383 e. The van der Waals surface area contributed by atoms with Crippen LogP contribution < -0.4 is 0 Å². The van der Waals surface area contributed by atoms with E-state index in [0.717, 1.165) is 16.3 Å². The second kappa shape index (κ2) is 9.74. The molecule has 0 atom stereocenters. The highest BCUT2D eigenvalue weighted by Gasteiger charge is 2.16. The highest BCUT2D eigenvalue weighted by molar-refractivity contribution is 7.13. The van der Waals surface area contributed by atoms with Crippen LogP contribution in [0.5, 0.6) is 0 Å². The summed E-state index contributed by atoms with van der Waals surface area (Å²) in [5.41, 5.74) is 1.77. The molecule has 0 aliphatic heterocycles. The van der Waals surface area contributed by atoms with Crippen molar-refractivity contribution in [3.05, 3.63) is 40.4 Å². The third-order valence-corrected chi connectivity index (χ3v) is 4.65. The predicted octanol–water partition coefficient (Wildman–Crippen LogP) is 3.13. The molecular weight excluding hydrogens is 348 g/mol. The Labute approximate surface area is 151 Å². The molecule has 0 radical (unpaired) electrons. The molecule has 0 N–H and O–H groups in total. The van der Waals surface area contributed by atoms with Crippen LogP contribution in [-0.4, -0.2) is 56.3 Å². The Morgan fingerprint density at radius 3 is 2.38 bits per heavy atom. The molecule has 0 saturated heterocycles. The van der Waals surface area contributed by atoms with Gasteiger partial charge in [-0.05, 0) is 12.1 Å². The number of ether oxygens (including phenoxy) is 2. The van der Waals surface area contributed by atoms with Crippen LogP contribution >= 0.6 is 22.9 Å². The second-order valence-electron chi connectivity index (χ2n) is 5.19. The number of thiazole rings is 1. The molecule has 5 nitrogen and oxygen atoms in total. The first-order valence-corrected chi connectivity index (χ1v) is 8.85. The van der Waals surface area contributed by atoms with E-state index in [-0.39, 0.29) is 12.3 Å². The third kappa shape index (κ3) is 5.56. The fourth-order valence-electron chi connectivity index (χ4n) is 2.14. The summed E-state index contributed by atoms with van der Waals surface area (Å²) in [5.74, 6) is 0.0251. The fourth-order valence-corrected chi connectivity index (χ4v) is 3.10. The van der Waals surface area contributed by atoms with Crippen LogP contribution in [0, 0.1) is 0 Å². The monoisotopic (exact) mass is 368 g/mol. The Kier molecular flexibility index (Phi) is 7.65. The Morgan fingerprint density at radius 1 is 1.17 bits per heavy atom. The van der Waals surface area contributed by atoms with Crippen LogP contribution in [0.3, 0.4) is 0 Å². The van der Waals surface area contributed by atoms with E-state index in [9.17, 15) is 4.79 Å². The molecule has 0 spiro atoms. The second-order valence-corrected chi connectivity index (χ2v) is 6.49. The van der Waals surface area contributed by atoms with Crippen molar-refractivity contribution in [2.75, 3.05) is 40.5 Å². The van der Waals surface area contributed by atoms with Crippen molar-refractivity contribution in [3.63, 3.8) is 0 Å². The molecule has 0 unspecified atom stereocenters. The number of benzene rings is 1. The van der Waals surface area contributed by atoms with Crippen LogP contribution in [0.25, 0.3) is 10.6 Å². The smallest absolute Gasteiger partial charge is 0.228 e. The molecule has 1 amide bonds. The number of amides is 1. The van der Waals surface area contributed by atoms with E-state index in [0.29, 0.717) is 31.3 Å². The van der Waals surface area contributed by atoms with Gasteiger partial charge in [0.1, 0.15) is 5.01 Å². The minimum absolute atomic E-state index is 0.0251. The van der Waals surface area contributed by atoms with Gasteiger partial charge in [0.15, 0.2) is 0 Å². The summed E-state index contributed by atoms with van der Waals surface area (Å²) in [4.78, 5) is 18.8. The quantitative estimate of drug-likeness (QED) is 0.682. The van der Waals surface area contributed by atoms with E-state index in [2.05, 4.69) is 4.98 Å². The lowest BCUT2D eigenvalue weighted by atomic mass is 10.2. The first-order chi connectivity index (χ1) is 11.6. The van der Waals surface area contributed by atoms with Crippen LogP contribution in [0.2, 0.25) is 5.02 Å². The minimum atomic E-state index is 0.0251. The summed E-state index contributed by atoms with van der Waals surface area (Å²) < 4.78 is 10.1. The first-order valence-electron chi connectivity index (χ1n) is 7.60. The summed E-state index contributed by atoms with van der Waals surface area (Å²) >= 11 is 7.43. The lowest BCUT2D eigenvalue weighted by molar-refractivity contribution is -0.131. The standard InChI is InChI=1S/C17H21ClN2O3S/c1-22-9-7-20(8-10-23-2)16(21)11-15-12-24-17(19-15)13-3-5-14(18)6-4-13/h3-6,12H,7-11H2,1-2H3. The van der Waals surface area contributed by atoms with E-state index in [4.69, 9.17) is 21.1 Å². The molecule has 1 aromatic heterocycles. The van der Waals surface area contributed by atoms with Crippen molar-refractivity contribution in [2.45, 2.75) is 6.42 Å². The number of carbonyl (C=O) groups is 1. The predicted molar refractivity (Wildman–Crippen MR) is 96.6 cm³/mol. The van der Waals surface area contributed by atoms with Gasteiger partial charge in [-0.15, -0.1) is 11.3 Å². The zero-order chi connectivity index (χ0) is 17.4. The average Bonchev–Trinajstić information content (AvgIpc) is 3.04. The van der Waals surface area contributed by atoms with Gasteiger partial charge >= 0.3 is 0 Å². The number of aromatic nitrogens is 1. The molecule has 2 rings (SSSR count). The van der Waals surface area contributed by atoms with Crippen LogP contribution in [0.15, 0.2) is 29.6 Å². The SMILES string of the molecule is COCCN(CCOC)C(=O)Cc1csc(-c2ccc(Cl)cc2)n1. The average molecular weight is 369 g/mol. The van der Waals surface area contributed by atoms with Crippen LogP contribution in [0.1, 0.15) is 5.69 Å². The molecule has 0 saturated carbocycles. The van der Waals surface area contributed by atoms with Gasteiger partial charge in [0, 0.05) is 43.3 Å². The first kappa shape index (κ1) is 18.9. The van der Waals surface area contributed by atoms with Crippen molar-refractivity contribution in [1.82, 2.24) is 9.88 Å². The van der Waals surface area contributed by atoms with Crippen LogP contribution in [-0.2, 0) is 20.7 Å². The van der Waals surface area contributed by atoms with E-state index in [1.807, 2.05) is 29.6 Å². The third-order valence-electron chi connectivity index (χ3n) is 3.46. The number of hydrogen-bond donors (Lipinski definition) is 0. The Balaban J connectivity index is 2.01. The number of carbonyl (C=O) groups excluding carboxylic acids is 1. The van der Waals surface area contributed by atoms with E-state index >= 15 is 0 Å². The summed E-state index contributed by atoms with van der Waals surface area (Å²) in [7, 11) is 3.25. The number of nitrogens with zero attached hydrogens (tertiary/aromatic N) is 2. The van der Waals surface area contributed by atoms with Gasteiger partial charge in [-0.25, -0.2) is 4.98 Å². The van der Waals surface area contributed by atoms with Gasteiger partial charge < -0.3 is 14.4 Å². The molecular formula is C17H21ClN2O3S. The lowest BCUT2D eigenvalue weighted by Gasteiger charge is -2.21. The molecule has 0 aliphatic rings. The Morgan fingerprint density at radius 2 is 1.79 bits per heavy atom. The van der Waals surface area contributed by atoms with Gasteiger partial charge in [0.25, 0.3) is 0 Å². The molecule has 1 heterocycles. The molecule has 1 aromatic carbocycles.